The van der Waals surface area contributed by atoms with E-state index in [1.165, 1.54) is 11.3 Å². The fourth-order valence-electron chi connectivity index (χ4n) is 1.86. The monoisotopic (exact) mass is 340 g/mol. The van der Waals surface area contributed by atoms with Crippen LogP contribution in [0.4, 0.5) is 4.79 Å². The van der Waals surface area contributed by atoms with Crippen LogP contribution in [-0.4, -0.2) is 30.6 Å². The summed E-state index contributed by atoms with van der Waals surface area (Å²) in [6.07, 6.45) is 2.67. The van der Waals surface area contributed by atoms with Crippen LogP contribution in [0.5, 0.6) is 0 Å². The van der Waals surface area contributed by atoms with Gasteiger partial charge in [0, 0.05) is 10.9 Å². The molecule has 6 nitrogen and oxygen atoms in total. The molecule has 1 aromatic rings. The van der Waals surface area contributed by atoms with Gasteiger partial charge < -0.3 is 10.1 Å². The average molecular weight is 340 g/mol. The van der Waals surface area contributed by atoms with E-state index in [2.05, 4.69) is 17.6 Å². The summed E-state index contributed by atoms with van der Waals surface area (Å²) in [4.78, 5) is 36.6. The zero-order chi connectivity index (χ0) is 17.4. The molecule has 0 saturated carbocycles. The van der Waals surface area contributed by atoms with Crippen LogP contribution in [0.1, 0.15) is 53.7 Å². The number of carbonyl (C=O) groups is 3. The van der Waals surface area contributed by atoms with Crippen molar-refractivity contribution in [1.82, 2.24) is 10.6 Å². The molecule has 3 amide bonds. The minimum atomic E-state index is -0.652. The van der Waals surface area contributed by atoms with E-state index >= 15 is 0 Å². The molecule has 0 spiro atoms. The maximum atomic E-state index is 11.9. The predicted octanol–water partition coefficient (Wildman–Crippen LogP) is 2.79. The van der Waals surface area contributed by atoms with Crippen LogP contribution < -0.4 is 10.6 Å². The second kappa shape index (κ2) is 9.29. The first-order chi connectivity index (χ1) is 10.9. The fourth-order valence-corrected chi connectivity index (χ4v) is 2.83. The van der Waals surface area contributed by atoms with Crippen molar-refractivity contribution in [2.75, 3.05) is 6.61 Å². The van der Waals surface area contributed by atoms with Crippen LogP contribution >= 0.6 is 11.3 Å². The lowest BCUT2D eigenvalue weighted by atomic mass is 10.1. The molecule has 0 fully saturated rings. The summed E-state index contributed by atoms with van der Waals surface area (Å²) < 4.78 is 4.95. The minimum Gasteiger partial charge on any atom is -0.451 e. The standard InChI is InChI=1S/C16H24N2O4S/c1-5-7-12-8-13(23-11(12)4)15(20)22-9-14(19)18-16(21)17-10(3)6-2/h8,10H,5-7,9H2,1-4H3,(H2,17,18,19,21)/t10-/m0/s1. The highest BCUT2D eigenvalue weighted by molar-refractivity contribution is 7.14. The van der Waals surface area contributed by atoms with Gasteiger partial charge in [-0.25, -0.2) is 9.59 Å². The second-order valence-corrected chi connectivity index (χ2v) is 6.61. The molecule has 0 aliphatic rings. The van der Waals surface area contributed by atoms with Gasteiger partial charge in [0.15, 0.2) is 6.61 Å². The van der Waals surface area contributed by atoms with Gasteiger partial charge in [-0.3, -0.25) is 10.1 Å². The first kappa shape index (κ1) is 19.2. The SMILES string of the molecule is CCCc1cc(C(=O)OCC(=O)NC(=O)N[C@@H](C)CC)sc1C. The lowest BCUT2D eigenvalue weighted by Crippen LogP contribution is -2.44. The van der Waals surface area contributed by atoms with E-state index in [0.717, 1.165) is 29.7 Å². The minimum absolute atomic E-state index is 0.0311. The van der Waals surface area contributed by atoms with Crippen molar-refractivity contribution in [2.24, 2.45) is 0 Å². The Bertz CT molecular complexity index is 568. The van der Waals surface area contributed by atoms with Crippen LogP contribution in [0.15, 0.2) is 6.07 Å². The molecule has 0 aliphatic heterocycles. The molecule has 1 atom stereocenters. The summed E-state index contributed by atoms with van der Waals surface area (Å²) >= 11 is 1.35. The number of esters is 1. The van der Waals surface area contributed by atoms with Gasteiger partial charge in [-0.15, -0.1) is 11.3 Å². The van der Waals surface area contributed by atoms with E-state index in [-0.39, 0.29) is 6.04 Å². The van der Waals surface area contributed by atoms with Crippen LogP contribution in [0.25, 0.3) is 0 Å². The average Bonchev–Trinajstić information content (AvgIpc) is 2.86. The van der Waals surface area contributed by atoms with Gasteiger partial charge >= 0.3 is 12.0 Å². The molecule has 1 heterocycles. The highest BCUT2D eigenvalue weighted by atomic mass is 32.1. The molecule has 1 rings (SSSR count). The Labute approximate surface area is 140 Å². The van der Waals surface area contributed by atoms with Crippen molar-refractivity contribution < 1.29 is 19.1 Å². The van der Waals surface area contributed by atoms with Crippen LogP contribution in [0.2, 0.25) is 0 Å². The topological polar surface area (TPSA) is 84.5 Å². The quantitative estimate of drug-likeness (QED) is 0.748. The first-order valence-corrected chi connectivity index (χ1v) is 8.55. The third kappa shape index (κ3) is 6.40. The molecule has 0 saturated heterocycles. The van der Waals surface area contributed by atoms with E-state index in [4.69, 9.17) is 4.74 Å². The van der Waals surface area contributed by atoms with E-state index in [9.17, 15) is 14.4 Å². The maximum absolute atomic E-state index is 11.9. The molecule has 7 heteroatoms. The molecule has 23 heavy (non-hydrogen) atoms. The number of nitrogens with one attached hydrogen (secondary N) is 2. The lowest BCUT2D eigenvalue weighted by Gasteiger charge is -2.11. The van der Waals surface area contributed by atoms with Gasteiger partial charge in [-0.1, -0.05) is 20.3 Å². The number of ether oxygens (including phenoxy) is 1. The van der Waals surface area contributed by atoms with Gasteiger partial charge in [0.25, 0.3) is 5.91 Å². The number of thiophene rings is 1. The molecular formula is C16H24N2O4S. The number of urea groups is 1. The van der Waals surface area contributed by atoms with Crippen LogP contribution in [-0.2, 0) is 16.0 Å². The van der Waals surface area contributed by atoms with Gasteiger partial charge in [-0.05, 0) is 38.3 Å². The van der Waals surface area contributed by atoms with E-state index < -0.39 is 24.5 Å². The Morgan fingerprint density at radius 3 is 2.61 bits per heavy atom. The number of aryl methyl sites for hydroxylation is 2. The fraction of sp³-hybridized carbons (Fsp3) is 0.562. The summed E-state index contributed by atoms with van der Waals surface area (Å²) in [5, 5.41) is 4.72. The molecule has 1 aromatic heterocycles. The van der Waals surface area contributed by atoms with Crippen LogP contribution in [0, 0.1) is 6.92 Å². The Hall–Kier alpha value is -1.89. The highest BCUT2D eigenvalue weighted by Crippen LogP contribution is 2.23. The zero-order valence-corrected chi connectivity index (χ0v) is 14.8. The van der Waals surface area contributed by atoms with Crippen molar-refractivity contribution in [3.63, 3.8) is 0 Å². The van der Waals surface area contributed by atoms with Crippen molar-refractivity contribution in [2.45, 2.75) is 53.0 Å². The molecule has 0 aromatic carbocycles. The second-order valence-electron chi connectivity index (χ2n) is 5.35. The van der Waals surface area contributed by atoms with Gasteiger partial charge in [0.05, 0.1) is 0 Å². The number of carbonyl (C=O) groups excluding carboxylic acids is 3. The first-order valence-electron chi connectivity index (χ1n) is 7.74. The number of hydrogen-bond acceptors (Lipinski definition) is 5. The van der Waals surface area contributed by atoms with Gasteiger partial charge in [-0.2, -0.15) is 0 Å². The number of amides is 3. The van der Waals surface area contributed by atoms with Gasteiger partial charge in [0.1, 0.15) is 4.88 Å². The zero-order valence-electron chi connectivity index (χ0n) is 14.0. The number of imide groups is 1. The number of rotatable bonds is 7. The Morgan fingerprint density at radius 2 is 2.00 bits per heavy atom. The van der Waals surface area contributed by atoms with Crippen LogP contribution in [0.3, 0.4) is 0 Å². The third-order valence-electron chi connectivity index (χ3n) is 3.32. The molecule has 0 radical (unpaired) electrons. The van der Waals surface area contributed by atoms with Crippen molar-refractivity contribution >= 4 is 29.2 Å². The summed E-state index contributed by atoms with van der Waals surface area (Å²) in [5.74, 6) is -1.20. The Balaban J connectivity index is 2.45. The lowest BCUT2D eigenvalue weighted by molar-refractivity contribution is -0.123. The summed E-state index contributed by atoms with van der Waals surface area (Å²) in [5.41, 5.74) is 1.13. The Kier molecular flexibility index (Phi) is 7.74. The molecule has 2 N–H and O–H groups in total. The predicted molar refractivity (Wildman–Crippen MR) is 89.8 cm³/mol. The largest absolute Gasteiger partial charge is 0.451 e. The molecule has 0 unspecified atom stereocenters. The van der Waals surface area contributed by atoms with Crippen molar-refractivity contribution in [3.8, 4) is 0 Å². The summed E-state index contributed by atoms with van der Waals surface area (Å²) in [6.45, 7) is 7.30. The smallest absolute Gasteiger partial charge is 0.348 e. The van der Waals surface area contributed by atoms with Crippen molar-refractivity contribution in [1.29, 1.82) is 0 Å². The van der Waals surface area contributed by atoms with E-state index in [1.54, 1.807) is 6.07 Å². The molecular weight excluding hydrogens is 316 g/mol. The third-order valence-corrected chi connectivity index (χ3v) is 4.39. The van der Waals surface area contributed by atoms with E-state index in [0.29, 0.717) is 4.88 Å². The van der Waals surface area contributed by atoms with Crippen molar-refractivity contribution in [3.05, 3.63) is 21.4 Å². The summed E-state index contributed by atoms with van der Waals surface area (Å²) in [6, 6.07) is 1.19. The highest BCUT2D eigenvalue weighted by Gasteiger charge is 2.16. The molecule has 0 aliphatic carbocycles. The maximum Gasteiger partial charge on any atom is 0.348 e. The summed E-state index contributed by atoms with van der Waals surface area (Å²) in [7, 11) is 0. The number of hydrogen-bond donors (Lipinski definition) is 2. The molecule has 128 valence electrons. The van der Waals surface area contributed by atoms with Gasteiger partial charge in [0.2, 0.25) is 0 Å². The Morgan fingerprint density at radius 1 is 1.30 bits per heavy atom. The van der Waals surface area contributed by atoms with E-state index in [1.807, 2.05) is 20.8 Å². The molecule has 0 bridgehead atoms. The normalized spacial score (nSPS) is 11.7.